The summed E-state index contributed by atoms with van der Waals surface area (Å²) in [6.45, 7) is 0. The van der Waals surface area contributed by atoms with Gasteiger partial charge in [-0.15, -0.1) is 0 Å². The van der Waals surface area contributed by atoms with Gasteiger partial charge in [0.05, 0.1) is 0 Å². The molecule has 1 aromatic rings. The minimum atomic E-state index is -1.23. The quantitative estimate of drug-likeness (QED) is 0.349. The van der Waals surface area contributed by atoms with E-state index in [1.54, 1.807) is 0 Å². The molecule has 0 aromatic heterocycles. The van der Waals surface area contributed by atoms with Gasteiger partial charge >= 0.3 is 0 Å². The van der Waals surface area contributed by atoms with E-state index in [9.17, 15) is 25.5 Å². The van der Waals surface area contributed by atoms with Gasteiger partial charge in [-0.1, -0.05) is 11.6 Å². The lowest BCUT2D eigenvalue weighted by atomic mass is 9.92. The summed E-state index contributed by atoms with van der Waals surface area (Å²) in [6.07, 6.45) is 0.120. The molecular weight excluding hydrogens is 236 g/mol. The smallest absolute Gasteiger partial charge is 0.204 e. The van der Waals surface area contributed by atoms with E-state index in [2.05, 4.69) is 0 Å². The van der Waals surface area contributed by atoms with Crippen LogP contribution in [0.25, 0.3) is 0 Å². The molecule has 0 amide bonds. The zero-order chi connectivity index (χ0) is 12.0. The minimum absolute atomic E-state index is 0.0443. The molecule has 5 N–H and O–H groups in total. The van der Waals surface area contributed by atoms with Crippen LogP contribution in [0.15, 0.2) is 11.1 Å². The Hall–Kier alpha value is -1.59. The Morgan fingerprint density at radius 1 is 1.00 bits per heavy atom. The first-order chi connectivity index (χ1) is 7.43. The second-order valence-electron chi connectivity index (χ2n) is 3.52. The van der Waals surface area contributed by atoms with Gasteiger partial charge in [-0.05, 0) is 6.08 Å². The van der Waals surface area contributed by atoms with Crippen molar-refractivity contribution in [2.24, 2.45) is 0 Å². The maximum Gasteiger partial charge on any atom is 0.204 e. The molecule has 2 rings (SSSR count). The highest BCUT2D eigenvalue weighted by atomic mass is 35.5. The van der Waals surface area contributed by atoms with Gasteiger partial charge in [-0.2, -0.15) is 0 Å². The number of aliphatic hydroxyl groups excluding tert-OH is 1. The third kappa shape index (κ3) is 1.36. The van der Waals surface area contributed by atoms with Crippen LogP contribution < -0.4 is 0 Å². The normalized spacial score (nSPS) is 19.1. The van der Waals surface area contributed by atoms with Gasteiger partial charge in [0.15, 0.2) is 11.5 Å². The number of hydrogen-bond acceptors (Lipinski definition) is 5. The number of benzene rings is 1. The maximum atomic E-state index is 9.63. The van der Waals surface area contributed by atoms with Crippen LogP contribution in [0.2, 0.25) is 0 Å². The molecule has 6 heteroatoms. The van der Waals surface area contributed by atoms with E-state index < -0.39 is 29.1 Å². The van der Waals surface area contributed by atoms with Crippen molar-refractivity contribution in [1.29, 1.82) is 0 Å². The van der Waals surface area contributed by atoms with Gasteiger partial charge in [-0.25, -0.2) is 0 Å². The lowest BCUT2D eigenvalue weighted by molar-refractivity contribution is 0.216. The summed E-state index contributed by atoms with van der Waals surface area (Å²) in [4.78, 5) is 0. The SMILES string of the molecule is Oc1c(O)c(O)c2c(c1O)CC(Cl)=CC2O. The van der Waals surface area contributed by atoms with Gasteiger partial charge in [0, 0.05) is 22.6 Å². The molecule has 0 saturated carbocycles. The lowest BCUT2D eigenvalue weighted by Crippen LogP contribution is -2.07. The standard InChI is InChI=1S/C10H9ClO5/c11-3-1-4-6(5(12)2-3)8(14)10(16)9(15)7(4)13/h2,5,12-16H,1H2. The highest BCUT2D eigenvalue weighted by Gasteiger charge is 2.29. The average Bonchev–Trinajstić information content (AvgIpc) is 2.22. The Labute approximate surface area is 95.5 Å². The Balaban J connectivity index is 2.76. The van der Waals surface area contributed by atoms with Crippen LogP contribution in [0.3, 0.4) is 0 Å². The number of phenols is 4. The zero-order valence-electron chi connectivity index (χ0n) is 7.98. The highest BCUT2D eigenvalue weighted by molar-refractivity contribution is 6.30. The molecule has 5 nitrogen and oxygen atoms in total. The number of aromatic hydroxyl groups is 4. The van der Waals surface area contributed by atoms with E-state index >= 15 is 0 Å². The third-order valence-corrected chi connectivity index (χ3v) is 2.78. The molecule has 1 aromatic carbocycles. The van der Waals surface area contributed by atoms with Gasteiger partial charge in [0.2, 0.25) is 11.5 Å². The highest BCUT2D eigenvalue weighted by Crippen LogP contribution is 2.51. The van der Waals surface area contributed by atoms with Gasteiger partial charge in [0.1, 0.15) is 6.10 Å². The summed E-state index contributed by atoms with van der Waals surface area (Å²) in [5.74, 6) is -2.93. The van der Waals surface area contributed by atoms with Crippen molar-refractivity contribution in [2.45, 2.75) is 12.5 Å². The van der Waals surface area contributed by atoms with E-state index in [0.29, 0.717) is 0 Å². The molecule has 1 aliphatic carbocycles. The molecule has 0 saturated heterocycles. The van der Waals surface area contributed by atoms with Crippen molar-refractivity contribution < 1.29 is 25.5 Å². The largest absolute Gasteiger partial charge is 0.504 e. The number of rotatable bonds is 0. The van der Waals surface area contributed by atoms with E-state index in [-0.39, 0.29) is 22.6 Å². The van der Waals surface area contributed by atoms with Crippen molar-refractivity contribution in [3.8, 4) is 23.0 Å². The predicted octanol–water partition coefficient (Wildman–Crippen LogP) is 1.22. The summed E-state index contributed by atoms with van der Waals surface area (Å²) in [5.41, 5.74) is 0.0602. The molecule has 16 heavy (non-hydrogen) atoms. The Bertz CT molecular complexity index is 495. The molecule has 1 aliphatic rings. The molecule has 0 fully saturated rings. The summed E-state index contributed by atoms with van der Waals surface area (Å²) in [6, 6.07) is 0. The molecule has 0 radical (unpaired) electrons. The van der Waals surface area contributed by atoms with Gasteiger partial charge < -0.3 is 25.5 Å². The van der Waals surface area contributed by atoms with Crippen LogP contribution in [-0.2, 0) is 6.42 Å². The summed E-state index contributed by atoms with van der Waals surface area (Å²) >= 11 is 5.72. The van der Waals surface area contributed by atoms with Gasteiger partial charge in [0.25, 0.3) is 0 Å². The van der Waals surface area contributed by atoms with E-state index in [1.807, 2.05) is 0 Å². The average molecular weight is 245 g/mol. The van der Waals surface area contributed by atoms with Crippen LogP contribution in [0, 0.1) is 0 Å². The Kier molecular flexibility index (Phi) is 2.36. The number of halogens is 1. The monoisotopic (exact) mass is 244 g/mol. The molecule has 1 atom stereocenters. The van der Waals surface area contributed by atoms with Crippen molar-refractivity contribution in [3.05, 3.63) is 22.2 Å². The first-order valence-corrected chi connectivity index (χ1v) is 4.84. The number of allylic oxidation sites excluding steroid dienone is 1. The predicted molar refractivity (Wildman–Crippen MR) is 55.7 cm³/mol. The zero-order valence-corrected chi connectivity index (χ0v) is 8.73. The fraction of sp³-hybridized carbons (Fsp3) is 0.200. The Morgan fingerprint density at radius 2 is 1.56 bits per heavy atom. The maximum absolute atomic E-state index is 9.63. The number of aliphatic hydroxyl groups is 1. The first kappa shape index (κ1) is 10.9. The number of fused-ring (bicyclic) bond motifs is 1. The molecular formula is C10H9ClO5. The summed E-state index contributed by atoms with van der Waals surface area (Å²) in [5, 5.41) is 47.6. The lowest BCUT2D eigenvalue weighted by Gasteiger charge is -2.22. The van der Waals surface area contributed by atoms with E-state index in [0.717, 1.165) is 0 Å². The topological polar surface area (TPSA) is 101 Å². The number of hydrogen-bond donors (Lipinski definition) is 5. The fourth-order valence-corrected chi connectivity index (χ4v) is 2.00. The minimum Gasteiger partial charge on any atom is -0.504 e. The molecule has 0 spiro atoms. The summed E-state index contributed by atoms with van der Waals surface area (Å²) in [7, 11) is 0. The van der Waals surface area contributed by atoms with Crippen LogP contribution in [-0.4, -0.2) is 25.5 Å². The Morgan fingerprint density at radius 3 is 2.19 bits per heavy atom. The molecule has 1 unspecified atom stereocenters. The number of phenolic OH excluding ortho intramolecular Hbond substituents is 4. The summed E-state index contributed by atoms with van der Waals surface area (Å²) < 4.78 is 0. The molecule has 86 valence electrons. The van der Waals surface area contributed by atoms with E-state index in [1.165, 1.54) is 6.08 Å². The molecule has 0 heterocycles. The van der Waals surface area contributed by atoms with Crippen molar-refractivity contribution in [2.75, 3.05) is 0 Å². The van der Waals surface area contributed by atoms with Crippen LogP contribution in [0.4, 0.5) is 0 Å². The van der Waals surface area contributed by atoms with Crippen LogP contribution in [0.1, 0.15) is 17.2 Å². The van der Waals surface area contributed by atoms with Crippen molar-refractivity contribution in [3.63, 3.8) is 0 Å². The van der Waals surface area contributed by atoms with Crippen LogP contribution in [0.5, 0.6) is 23.0 Å². The van der Waals surface area contributed by atoms with Crippen molar-refractivity contribution in [1.82, 2.24) is 0 Å². The second-order valence-corrected chi connectivity index (χ2v) is 4.01. The molecule has 0 aliphatic heterocycles. The second kappa shape index (κ2) is 3.47. The van der Waals surface area contributed by atoms with Crippen molar-refractivity contribution >= 4 is 11.6 Å². The van der Waals surface area contributed by atoms with Crippen LogP contribution >= 0.6 is 11.6 Å². The molecule has 0 bridgehead atoms. The fourth-order valence-electron chi connectivity index (χ4n) is 1.75. The van der Waals surface area contributed by atoms with E-state index in [4.69, 9.17) is 11.6 Å². The first-order valence-electron chi connectivity index (χ1n) is 4.46. The third-order valence-electron chi connectivity index (χ3n) is 2.52. The van der Waals surface area contributed by atoms with Gasteiger partial charge in [-0.3, -0.25) is 0 Å².